The number of nitrogens with zero attached hydrogens (tertiary/aromatic N) is 1. The van der Waals surface area contributed by atoms with Gasteiger partial charge in [-0.2, -0.15) is 0 Å². The Balaban J connectivity index is 1.89. The second-order valence-electron chi connectivity index (χ2n) is 7.15. The lowest BCUT2D eigenvalue weighted by atomic mass is 10.0. The molecule has 2 unspecified atom stereocenters. The maximum atomic E-state index is 13.6. The molecule has 0 saturated heterocycles. The van der Waals surface area contributed by atoms with Crippen molar-refractivity contribution in [2.24, 2.45) is 0 Å². The number of benzene rings is 2. The molecule has 1 aliphatic rings. The van der Waals surface area contributed by atoms with Crippen LogP contribution in [0.4, 0.5) is 14.5 Å². The third-order valence-electron chi connectivity index (χ3n) is 4.91. The number of carbonyl (C=O) groups excluding carboxylic acids is 2. The molecule has 160 valence electrons. The third-order valence-corrected chi connectivity index (χ3v) is 6.18. The van der Waals surface area contributed by atoms with E-state index in [1.165, 1.54) is 23.5 Å². The van der Waals surface area contributed by atoms with E-state index in [2.05, 4.69) is 10.6 Å². The summed E-state index contributed by atoms with van der Waals surface area (Å²) in [6.07, 6.45) is 1.56. The predicted molar refractivity (Wildman–Crippen MR) is 108 cm³/mol. The number of nitrogens with one attached hydrogen (secondary N) is 2. The van der Waals surface area contributed by atoms with E-state index in [-0.39, 0.29) is 17.2 Å². The minimum Gasteiger partial charge on any atom is -0.357 e. The smallest absolute Gasteiger partial charge is 0.252 e. The van der Waals surface area contributed by atoms with Gasteiger partial charge in [-0.1, -0.05) is 6.07 Å². The van der Waals surface area contributed by atoms with Gasteiger partial charge >= 0.3 is 0 Å². The van der Waals surface area contributed by atoms with Gasteiger partial charge in [0.1, 0.15) is 6.04 Å². The van der Waals surface area contributed by atoms with Crippen molar-refractivity contribution in [3.8, 4) is 0 Å². The summed E-state index contributed by atoms with van der Waals surface area (Å²) in [5, 5.41) is 4.90. The van der Waals surface area contributed by atoms with Gasteiger partial charge in [-0.05, 0) is 54.8 Å². The quantitative estimate of drug-likeness (QED) is 0.747. The largest absolute Gasteiger partial charge is 0.357 e. The fourth-order valence-electron chi connectivity index (χ4n) is 3.60. The second kappa shape index (κ2) is 8.02. The minimum atomic E-state index is -3.46. The molecule has 3 rings (SSSR count). The number of anilines is 1. The molecule has 1 aliphatic heterocycles. The number of rotatable bonds is 5. The Morgan fingerprint density at radius 3 is 2.43 bits per heavy atom. The van der Waals surface area contributed by atoms with Crippen molar-refractivity contribution in [3.63, 3.8) is 0 Å². The van der Waals surface area contributed by atoms with Crippen LogP contribution in [0, 0.1) is 11.6 Å². The van der Waals surface area contributed by atoms with Crippen molar-refractivity contribution in [1.82, 2.24) is 10.6 Å². The molecule has 7 nitrogen and oxygen atoms in total. The summed E-state index contributed by atoms with van der Waals surface area (Å²) in [5.74, 6) is -3.42. The zero-order valence-electron chi connectivity index (χ0n) is 16.6. The van der Waals surface area contributed by atoms with Crippen LogP contribution in [0.1, 0.15) is 34.5 Å². The Kier molecular flexibility index (Phi) is 5.80. The molecule has 0 spiro atoms. The minimum absolute atomic E-state index is 0.0830. The van der Waals surface area contributed by atoms with E-state index in [0.717, 1.165) is 18.4 Å². The van der Waals surface area contributed by atoms with Crippen LogP contribution in [0.3, 0.4) is 0 Å². The van der Waals surface area contributed by atoms with Crippen molar-refractivity contribution in [1.29, 1.82) is 0 Å². The fourth-order valence-corrected chi connectivity index (χ4v) is 4.86. The molecule has 30 heavy (non-hydrogen) atoms. The van der Waals surface area contributed by atoms with Gasteiger partial charge in [0.25, 0.3) is 5.91 Å². The second-order valence-corrected chi connectivity index (χ2v) is 9.01. The molecule has 0 aromatic heterocycles. The van der Waals surface area contributed by atoms with Gasteiger partial charge in [-0.25, -0.2) is 17.2 Å². The standard InChI is InChI=1S/C20H21F2N3O4S/c1-11-8-14-9-13(5-7-17(14)25(11)30(3,28)29)19(26)24-18(20(27)23-2)12-4-6-15(21)16(22)10-12/h4-7,9-11,18H,8H2,1-3H3,(H,23,27)(H,24,26). The van der Waals surface area contributed by atoms with E-state index >= 15 is 0 Å². The predicted octanol–water partition coefficient (Wildman–Crippen LogP) is 1.89. The van der Waals surface area contributed by atoms with Crippen LogP contribution in [-0.2, 0) is 21.2 Å². The summed E-state index contributed by atoms with van der Waals surface area (Å²) in [5.41, 5.74) is 1.49. The average Bonchev–Trinajstić information content (AvgIpc) is 3.02. The maximum absolute atomic E-state index is 13.6. The first-order valence-corrected chi connectivity index (χ1v) is 11.0. The summed E-state index contributed by atoms with van der Waals surface area (Å²) in [4.78, 5) is 25.0. The summed E-state index contributed by atoms with van der Waals surface area (Å²) in [7, 11) is -2.10. The topological polar surface area (TPSA) is 95.6 Å². The van der Waals surface area contributed by atoms with Crippen LogP contribution < -0.4 is 14.9 Å². The van der Waals surface area contributed by atoms with Crippen LogP contribution in [-0.4, -0.2) is 39.6 Å². The zero-order chi connectivity index (χ0) is 22.2. The Hall–Kier alpha value is -3.01. The van der Waals surface area contributed by atoms with Crippen molar-refractivity contribution < 1.29 is 26.8 Å². The number of halogens is 2. The van der Waals surface area contributed by atoms with Gasteiger partial charge < -0.3 is 10.6 Å². The lowest BCUT2D eigenvalue weighted by molar-refractivity contribution is -0.122. The number of carbonyl (C=O) groups is 2. The molecule has 2 aromatic carbocycles. The van der Waals surface area contributed by atoms with Crippen LogP contribution in [0.2, 0.25) is 0 Å². The molecule has 2 atom stereocenters. The van der Waals surface area contributed by atoms with E-state index in [0.29, 0.717) is 17.7 Å². The Bertz CT molecular complexity index is 1120. The molecule has 2 N–H and O–H groups in total. The number of likely N-dealkylation sites (N-methyl/N-ethyl adjacent to an activating group) is 1. The average molecular weight is 437 g/mol. The molecule has 2 aromatic rings. The van der Waals surface area contributed by atoms with E-state index in [1.807, 2.05) is 0 Å². The van der Waals surface area contributed by atoms with Gasteiger partial charge in [0.05, 0.1) is 11.9 Å². The Labute approximate surface area is 173 Å². The van der Waals surface area contributed by atoms with Crippen LogP contribution >= 0.6 is 0 Å². The third kappa shape index (κ3) is 4.13. The highest BCUT2D eigenvalue weighted by Gasteiger charge is 2.33. The van der Waals surface area contributed by atoms with Crippen molar-refractivity contribution in [3.05, 3.63) is 64.7 Å². The number of fused-ring (bicyclic) bond motifs is 1. The highest BCUT2D eigenvalue weighted by molar-refractivity contribution is 7.92. The highest BCUT2D eigenvalue weighted by Crippen LogP contribution is 2.34. The highest BCUT2D eigenvalue weighted by atomic mass is 32.2. The molecule has 2 amide bonds. The summed E-state index contributed by atoms with van der Waals surface area (Å²) in [6.45, 7) is 1.77. The lowest BCUT2D eigenvalue weighted by Gasteiger charge is -2.22. The Morgan fingerprint density at radius 2 is 1.83 bits per heavy atom. The van der Waals surface area contributed by atoms with Gasteiger partial charge in [0, 0.05) is 18.7 Å². The fraction of sp³-hybridized carbons (Fsp3) is 0.300. The molecule has 0 saturated carbocycles. The maximum Gasteiger partial charge on any atom is 0.252 e. The van der Waals surface area contributed by atoms with E-state index in [1.54, 1.807) is 19.1 Å². The normalized spacial score (nSPS) is 16.7. The molecule has 0 fully saturated rings. The molecule has 0 bridgehead atoms. The lowest BCUT2D eigenvalue weighted by Crippen LogP contribution is -2.39. The first-order valence-electron chi connectivity index (χ1n) is 9.12. The van der Waals surface area contributed by atoms with Gasteiger partial charge in [0.15, 0.2) is 11.6 Å². The molecule has 0 radical (unpaired) electrons. The summed E-state index contributed by atoms with van der Waals surface area (Å²) >= 11 is 0. The number of hydrogen-bond acceptors (Lipinski definition) is 4. The number of amides is 2. The number of sulfonamides is 1. The molecular formula is C20H21F2N3O4S. The zero-order valence-corrected chi connectivity index (χ0v) is 17.4. The van der Waals surface area contributed by atoms with Crippen molar-refractivity contribution >= 4 is 27.5 Å². The monoisotopic (exact) mass is 437 g/mol. The molecule has 1 heterocycles. The summed E-state index contributed by atoms with van der Waals surface area (Å²) < 4.78 is 52.2. The molecular weight excluding hydrogens is 416 g/mol. The van der Waals surface area contributed by atoms with Gasteiger partial charge in [0.2, 0.25) is 15.9 Å². The number of hydrogen-bond donors (Lipinski definition) is 2. The van der Waals surface area contributed by atoms with Crippen molar-refractivity contribution in [2.75, 3.05) is 17.6 Å². The van der Waals surface area contributed by atoms with E-state index in [9.17, 15) is 26.8 Å². The van der Waals surface area contributed by atoms with E-state index < -0.39 is 39.5 Å². The van der Waals surface area contributed by atoms with Gasteiger partial charge in [-0.3, -0.25) is 13.9 Å². The van der Waals surface area contributed by atoms with E-state index in [4.69, 9.17) is 0 Å². The van der Waals surface area contributed by atoms with Crippen LogP contribution in [0.5, 0.6) is 0 Å². The summed E-state index contributed by atoms with van der Waals surface area (Å²) in [6, 6.07) is 5.99. The van der Waals surface area contributed by atoms with Crippen molar-refractivity contribution in [2.45, 2.75) is 25.4 Å². The first kappa shape index (κ1) is 21.7. The van der Waals surface area contributed by atoms with Crippen LogP contribution in [0.25, 0.3) is 0 Å². The molecule has 10 heteroatoms. The van der Waals surface area contributed by atoms with Gasteiger partial charge in [-0.15, -0.1) is 0 Å². The first-order chi connectivity index (χ1) is 14.0. The molecule has 0 aliphatic carbocycles. The SMILES string of the molecule is CNC(=O)C(NC(=O)c1ccc2c(c1)CC(C)N2S(C)(=O)=O)c1ccc(F)c(F)c1. The Morgan fingerprint density at radius 1 is 1.13 bits per heavy atom. The van der Waals surface area contributed by atoms with Crippen LogP contribution in [0.15, 0.2) is 36.4 Å².